The van der Waals surface area contributed by atoms with Gasteiger partial charge < -0.3 is 10.6 Å². The first kappa shape index (κ1) is 19.1. The van der Waals surface area contributed by atoms with E-state index >= 15 is 0 Å². The maximum absolute atomic E-state index is 12.6. The number of para-hydroxylation sites is 1. The molecule has 0 atom stereocenters. The molecule has 0 unspecified atom stereocenters. The Morgan fingerprint density at radius 1 is 1.00 bits per heavy atom. The van der Waals surface area contributed by atoms with Crippen molar-refractivity contribution >= 4 is 23.1 Å². The van der Waals surface area contributed by atoms with Gasteiger partial charge in [0.15, 0.2) is 0 Å². The first-order valence-electron chi connectivity index (χ1n) is 8.87. The zero-order chi connectivity index (χ0) is 20.1. The van der Waals surface area contributed by atoms with E-state index in [2.05, 4.69) is 47.4 Å². The molecule has 1 amide bonds. The number of hydrogen-bond donors (Lipinski definition) is 2. The molecule has 3 rings (SSSR count). The summed E-state index contributed by atoms with van der Waals surface area (Å²) in [5.74, 6) is 0.200. The first-order valence-corrected chi connectivity index (χ1v) is 8.87. The van der Waals surface area contributed by atoms with Gasteiger partial charge in [0.2, 0.25) is 0 Å². The summed E-state index contributed by atoms with van der Waals surface area (Å²) in [5.41, 5.74) is 3.32. The van der Waals surface area contributed by atoms with Crippen LogP contribution >= 0.6 is 0 Å². The van der Waals surface area contributed by atoms with Crippen molar-refractivity contribution in [2.45, 2.75) is 26.2 Å². The number of carbonyl (C=O) groups is 1. The lowest BCUT2D eigenvalue weighted by Gasteiger charge is -2.22. The number of nitrogens with one attached hydrogen (secondary N) is 2. The Bertz CT molecular complexity index is 1010. The fraction of sp³-hybridized carbons (Fsp3) is 0.182. The predicted octanol–water partition coefficient (Wildman–Crippen LogP) is 4.64. The fourth-order valence-corrected chi connectivity index (χ4v) is 2.72. The van der Waals surface area contributed by atoms with Crippen molar-refractivity contribution in [3.63, 3.8) is 0 Å². The van der Waals surface area contributed by atoms with Gasteiger partial charge in [-0.1, -0.05) is 39.0 Å². The highest BCUT2D eigenvalue weighted by molar-refractivity contribution is 6.03. The van der Waals surface area contributed by atoms with E-state index in [4.69, 9.17) is 5.26 Å². The second-order valence-corrected chi connectivity index (χ2v) is 7.35. The lowest BCUT2D eigenvalue weighted by molar-refractivity contribution is 0.102. The van der Waals surface area contributed by atoms with Crippen LogP contribution in [0.1, 0.15) is 42.4 Å². The van der Waals surface area contributed by atoms with Gasteiger partial charge in [0.1, 0.15) is 11.5 Å². The normalized spacial score (nSPS) is 10.8. The minimum atomic E-state index is -0.311. The van der Waals surface area contributed by atoms with Crippen LogP contribution in [-0.4, -0.2) is 15.9 Å². The van der Waals surface area contributed by atoms with Gasteiger partial charge in [-0.15, -0.1) is 0 Å². The van der Waals surface area contributed by atoms with E-state index in [0.717, 1.165) is 16.9 Å². The number of nitrogens with zero attached hydrogens (tertiary/aromatic N) is 3. The Hall–Kier alpha value is -3.72. The van der Waals surface area contributed by atoms with Crippen LogP contribution in [0.4, 0.5) is 17.2 Å². The van der Waals surface area contributed by atoms with Gasteiger partial charge in [0.25, 0.3) is 5.91 Å². The Morgan fingerprint density at radius 3 is 2.32 bits per heavy atom. The number of aromatic nitrogens is 2. The number of amides is 1. The highest BCUT2D eigenvalue weighted by Crippen LogP contribution is 2.29. The zero-order valence-corrected chi connectivity index (χ0v) is 16.0. The van der Waals surface area contributed by atoms with Crippen LogP contribution in [0.15, 0.2) is 60.9 Å². The number of carbonyl (C=O) groups excluding carboxylic acids is 1. The van der Waals surface area contributed by atoms with Gasteiger partial charge in [0.05, 0.1) is 24.0 Å². The third kappa shape index (κ3) is 4.51. The highest BCUT2D eigenvalue weighted by atomic mass is 16.1. The zero-order valence-electron chi connectivity index (χ0n) is 16.0. The number of rotatable bonds is 4. The topological polar surface area (TPSA) is 90.7 Å². The third-order valence-electron chi connectivity index (χ3n) is 4.15. The summed E-state index contributed by atoms with van der Waals surface area (Å²) < 4.78 is 0. The molecule has 0 saturated carbocycles. The molecule has 3 aromatic rings. The highest BCUT2D eigenvalue weighted by Gasteiger charge is 2.19. The van der Waals surface area contributed by atoms with E-state index < -0.39 is 0 Å². The fourth-order valence-electron chi connectivity index (χ4n) is 2.72. The van der Waals surface area contributed by atoms with Crippen molar-refractivity contribution in [2.24, 2.45) is 0 Å². The average molecular weight is 371 g/mol. The van der Waals surface area contributed by atoms with Crippen molar-refractivity contribution in [3.8, 4) is 6.07 Å². The molecule has 6 heteroatoms. The Kier molecular flexibility index (Phi) is 5.37. The van der Waals surface area contributed by atoms with E-state index in [0.29, 0.717) is 11.4 Å². The lowest BCUT2D eigenvalue weighted by atomic mass is 9.86. The summed E-state index contributed by atoms with van der Waals surface area (Å²) in [6.45, 7) is 6.30. The molecular formula is C22H21N5O. The molecular weight excluding hydrogens is 350 g/mol. The Morgan fingerprint density at radius 2 is 1.71 bits per heavy atom. The summed E-state index contributed by atoms with van der Waals surface area (Å²) in [4.78, 5) is 21.0. The molecule has 140 valence electrons. The lowest BCUT2D eigenvalue weighted by Crippen LogP contribution is -2.19. The van der Waals surface area contributed by atoms with E-state index in [9.17, 15) is 4.79 Å². The average Bonchev–Trinajstić information content (AvgIpc) is 2.69. The maximum atomic E-state index is 12.6. The molecule has 0 aliphatic carbocycles. The molecule has 1 aromatic heterocycles. The van der Waals surface area contributed by atoms with Crippen LogP contribution in [0.3, 0.4) is 0 Å². The second-order valence-electron chi connectivity index (χ2n) is 7.35. The SMILES string of the molecule is CC(C)(C)c1ccccc1NC(=O)c1cnc(Nc2ccc(C#N)cc2)cn1. The minimum absolute atomic E-state index is 0.0928. The molecule has 1 heterocycles. The van der Waals surface area contributed by atoms with Crippen molar-refractivity contribution in [1.29, 1.82) is 5.26 Å². The molecule has 0 bridgehead atoms. The van der Waals surface area contributed by atoms with E-state index in [-0.39, 0.29) is 17.0 Å². The van der Waals surface area contributed by atoms with Gasteiger partial charge in [-0.05, 0) is 41.3 Å². The van der Waals surface area contributed by atoms with Gasteiger partial charge in [-0.3, -0.25) is 4.79 Å². The Labute approximate surface area is 164 Å². The van der Waals surface area contributed by atoms with Crippen LogP contribution in [-0.2, 0) is 5.41 Å². The van der Waals surface area contributed by atoms with Crippen LogP contribution < -0.4 is 10.6 Å². The molecule has 0 spiro atoms. The van der Waals surface area contributed by atoms with Crippen molar-refractivity contribution in [3.05, 3.63) is 77.7 Å². The maximum Gasteiger partial charge on any atom is 0.275 e. The summed E-state index contributed by atoms with van der Waals surface area (Å²) >= 11 is 0. The predicted molar refractivity (Wildman–Crippen MR) is 110 cm³/mol. The number of hydrogen-bond acceptors (Lipinski definition) is 5. The van der Waals surface area contributed by atoms with Crippen LogP contribution in [0, 0.1) is 11.3 Å². The summed E-state index contributed by atoms with van der Waals surface area (Å²) in [6.07, 6.45) is 2.93. The molecule has 28 heavy (non-hydrogen) atoms. The summed E-state index contributed by atoms with van der Waals surface area (Å²) in [5, 5.41) is 14.8. The monoisotopic (exact) mass is 371 g/mol. The summed E-state index contributed by atoms with van der Waals surface area (Å²) in [7, 11) is 0. The van der Waals surface area contributed by atoms with Crippen LogP contribution in [0.2, 0.25) is 0 Å². The van der Waals surface area contributed by atoms with Crippen molar-refractivity contribution in [2.75, 3.05) is 10.6 Å². The third-order valence-corrected chi connectivity index (χ3v) is 4.15. The molecule has 0 fully saturated rings. The molecule has 6 nitrogen and oxygen atoms in total. The molecule has 2 aromatic carbocycles. The number of benzene rings is 2. The largest absolute Gasteiger partial charge is 0.339 e. The molecule has 0 aliphatic rings. The molecule has 0 saturated heterocycles. The second kappa shape index (κ2) is 7.89. The van der Waals surface area contributed by atoms with Gasteiger partial charge >= 0.3 is 0 Å². The van der Waals surface area contributed by atoms with Crippen LogP contribution in [0.5, 0.6) is 0 Å². The van der Waals surface area contributed by atoms with E-state index in [1.54, 1.807) is 24.3 Å². The van der Waals surface area contributed by atoms with Gasteiger partial charge in [0, 0.05) is 11.4 Å². The van der Waals surface area contributed by atoms with Crippen molar-refractivity contribution in [1.82, 2.24) is 9.97 Å². The van der Waals surface area contributed by atoms with E-state index in [1.165, 1.54) is 12.4 Å². The molecule has 0 radical (unpaired) electrons. The number of nitriles is 1. The first-order chi connectivity index (χ1) is 13.4. The molecule has 2 N–H and O–H groups in total. The number of anilines is 3. The quantitative estimate of drug-likeness (QED) is 0.697. The molecule has 0 aliphatic heterocycles. The van der Waals surface area contributed by atoms with Crippen molar-refractivity contribution < 1.29 is 4.79 Å². The van der Waals surface area contributed by atoms with Crippen LogP contribution in [0.25, 0.3) is 0 Å². The standard InChI is InChI=1S/C22H21N5O/c1-22(2,3)17-6-4-5-7-18(17)27-21(28)19-13-25-20(14-24-19)26-16-10-8-15(12-23)9-11-16/h4-11,13-14H,1-3H3,(H,25,26)(H,27,28). The summed E-state index contributed by atoms with van der Waals surface area (Å²) in [6, 6.07) is 16.8. The smallest absolute Gasteiger partial charge is 0.275 e. The van der Waals surface area contributed by atoms with Gasteiger partial charge in [-0.2, -0.15) is 5.26 Å². The van der Waals surface area contributed by atoms with Gasteiger partial charge in [-0.25, -0.2) is 9.97 Å². The minimum Gasteiger partial charge on any atom is -0.339 e. The Balaban J connectivity index is 1.71. The van der Waals surface area contributed by atoms with E-state index in [1.807, 2.05) is 24.3 Å².